The first kappa shape index (κ1) is 17.4. The second-order valence-electron chi connectivity index (χ2n) is 6.46. The van der Waals surface area contributed by atoms with Gasteiger partial charge in [0.05, 0.1) is 13.2 Å². The molecule has 2 amide bonds. The molecule has 1 aliphatic rings. The van der Waals surface area contributed by atoms with Crippen molar-refractivity contribution in [2.75, 3.05) is 13.7 Å². The van der Waals surface area contributed by atoms with Crippen molar-refractivity contribution in [1.82, 2.24) is 10.6 Å². The maximum absolute atomic E-state index is 12.2. The molecule has 3 N–H and O–H groups in total. The topological polar surface area (TPSA) is 83.7 Å². The maximum atomic E-state index is 12.2. The number of benzene rings is 1. The summed E-state index contributed by atoms with van der Waals surface area (Å²) in [6, 6.07) is 5.09. The highest BCUT2D eigenvalue weighted by Crippen LogP contribution is 2.31. The third-order valence-electron chi connectivity index (χ3n) is 4.64. The van der Waals surface area contributed by atoms with Crippen molar-refractivity contribution in [3.8, 4) is 5.75 Å². The highest BCUT2D eigenvalue weighted by Gasteiger charge is 2.22. The fraction of sp³-hybridized carbons (Fsp3) is 0.421. The number of fused-ring (bicyclic) bond motifs is 1. The van der Waals surface area contributed by atoms with E-state index in [0.29, 0.717) is 0 Å². The van der Waals surface area contributed by atoms with Gasteiger partial charge in [-0.2, -0.15) is 0 Å². The number of hydrogen-bond acceptors (Lipinski definition) is 4. The summed E-state index contributed by atoms with van der Waals surface area (Å²) in [5.41, 5.74) is 1.76. The quantitative estimate of drug-likeness (QED) is 0.728. The molecular formula is C19H24N2O4. The van der Waals surface area contributed by atoms with Crippen molar-refractivity contribution < 1.29 is 19.1 Å². The molecule has 3 rings (SSSR count). The Morgan fingerprint density at radius 3 is 2.92 bits per heavy atom. The molecule has 0 radical (unpaired) electrons. The number of carbonyl (C=O) groups excluding carboxylic acids is 1. The second kappa shape index (κ2) is 7.19. The number of furan rings is 1. The van der Waals surface area contributed by atoms with Crippen LogP contribution in [-0.4, -0.2) is 30.9 Å². The second-order valence-corrected chi connectivity index (χ2v) is 6.46. The van der Waals surface area contributed by atoms with E-state index in [2.05, 4.69) is 10.6 Å². The zero-order valence-electron chi connectivity index (χ0n) is 14.7. The summed E-state index contributed by atoms with van der Waals surface area (Å²) in [6.07, 6.45) is 4.58. The third kappa shape index (κ3) is 3.64. The van der Waals surface area contributed by atoms with Crippen LogP contribution in [-0.2, 0) is 0 Å². The molecule has 2 aromatic rings. The average molecular weight is 344 g/mol. The average Bonchev–Trinajstić information content (AvgIpc) is 3.18. The van der Waals surface area contributed by atoms with Crippen LogP contribution in [0.4, 0.5) is 4.79 Å². The minimum atomic E-state index is -0.266. The van der Waals surface area contributed by atoms with Gasteiger partial charge in [0.15, 0.2) is 0 Å². The maximum Gasteiger partial charge on any atom is 0.315 e. The molecule has 0 unspecified atom stereocenters. The predicted octanol–water partition coefficient (Wildman–Crippen LogP) is 3.05. The van der Waals surface area contributed by atoms with Gasteiger partial charge in [0, 0.05) is 29.5 Å². The Hall–Kier alpha value is -2.47. The van der Waals surface area contributed by atoms with E-state index in [-0.39, 0.29) is 30.6 Å². The first-order valence-electron chi connectivity index (χ1n) is 8.45. The number of amides is 2. The summed E-state index contributed by atoms with van der Waals surface area (Å²) in [5.74, 6) is 1.62. The lowest BCUT2D eigenvalue weighted by atomic mass is 10.1. The van der Waals surface area contributed by atoms with Crippen molar-refractivity contribution >= 4 is 17.0 Å². The van der Waals surface area contributed by atoms with Gasteiger partial charge in [0.2, 0.25) is 0 Å². The summed E-state index contributed by atoms with van der Waals surface area (Å²) < 4.78 is 11.2. The molecule has 6 heteroatoms. The van der Waals surface area contributed by atoms with Crippen LogP contribution in [0.2, 0.25) is 0 Å². The van der Waals surface area contributed by atoms with Gasteiger partial charge in [-0.1, -0.05) is 12.2 Å². The van der Waals surface area contributed by atoms with Crippen LogP contribution in [0.5, 0.6) is 5.75 Å². The van der Waals surface area contributed by atoms with Crippen LogP contribution < -0.4 is 15.4 Å². The number of methoxy groups -OCH3 is 1. The highest BCUT2D eigenvalue weighted by molar-refractivity contribution is 5.84. The molecule has 134 valence electrons. The number of aliphatic hydroxyl groups is 1. The molecular weight excluding hydrogens is 320 g/mol. The summed E-state index contributed by atoms with van der Waals surface area (Å²) in [6.45, 7) is 3.97. The Labute approximate surface area is 146 Å². The zero-order valence-corrected chi connectivity index (χ0v) is 14.7. The van der Waals surface area contributed by atoms with Gasteiger partial charge < -0.3 is 24.9 Å². The third-order valence-corrected chi connectivity index (χ3v) is 4.64. The van der Waals surface area contributed by atoms with E-state index < -0.39 is 0 Å². The van der Waals surface area contributed by atoms with Crippen LogP contribution in [0.3, 0.4) is 0 Å². The Bertz CT molecular complexity index is 796. The fourth-order valence-corrected chi connectivity index (χ4v) is 3.25. The molecule has 0 bridgehead atoms. The number of nitrogens with one attached hydrogen (secondary N) is 2. The van der Waals surface area contributed by atoms with Crippen LogP contribution in [0.25, 0.3) is 11.0 Å². The van der Waals surface area contributed by atoms with Crippen LogP contribution in [0, 0.1) is 12.8 Å². The van der Waals surface area contributed by atoms with E-state index in [1.807, 2.05) is 44.2 Å². The van der Waals surface area contributed by atoms with Crippen molar-refractivity contribution in [2.24, 2.45) is 5.92 Å². The van der Waals surface area contributed by atoms with Crippen molar-refractivity contribution in [3.05, 3.63) is 41.7 Å². The molecule has 0 fully saturated rings. The summed E-state index contributed by atoms with van der Waals surface area (Å²) in [5, 5.41) is 15.9. The fourth-order valence-electron chi connectivity index (χ4n) is 3.25. The van der Waals surface area contributed by atoms with E-state index in [0.717, 1.165) is 34.5 Å². The number of urea groups is 1. The summed E-state index contributed by atoms with van der Waals surface area (Å²) >= 11 is 0. The van der Waals surface area contributed by atoms with E-state index in [1.54, 1.807) is 7.11 Å². The number of carbonyl (C=O) groups is 1. The van der Waals surface area contributed by atoms with E-state index >= 15 is 0 Å². The minimum absolute atomic E-state index is 0.0506. The van der Waals surface area contributed by atoms with Gasteiger partial charge in [-0.3, -0.25) is 0 Å². The minimum Gasteiger partial charge on any atom is -0.497 e. The molecule has 25 heavy (non-hydrogen) atoms. The Morgan fingerprint density at radius 2 is 2.24 bits per heavy atom. The molecule has 0 saturated heterocycles. The number of rotatable bonds is 5. The van der Waals surface area contributed by atoms with Crippen LogP contribution >= 0.6 is 0 Å². The molecule has 0 aliphatic heterocycles. The molecule has 6 nitrogen and oxygen atoms in total. The normalized spacial score (nSPS) is 20.6. The lowest BCUT2D eigenvalue weighted by molar-refractivity contribution is 0.228. The highest BCUT2D eigenvalue weighted by atomic mass is 16.5. The Kier molecular flexibility index (Phi) is 4.99. The van der Waals surface area contributed by atoms with Crippen molar-refractivity contribution in [2.45, 2.75) is 32.4 Å². The first-order chi connectivity index (χ1) is 12.0. The zero-order chi connectivity index (χ0) is 18.0. The van der Waals surface area contributed by atoms with E-state index in [9.17, 15) is 4.79 Å². The van der Waals surface area contributed by atoms with E-state index in [4.69, 9.17) is 14.3 Å². The molecule has 0 spiro atoms. The number of hydrogen-bond donors (Lipinski definition) is 3. The van der Waals surface area contributed by atoms with Gasteiger partial charge in [0.1, 0.15) is 17.1 Å². The van der Waals surface area contributed by atoms with Gasteiger partial charge in [-0.05, 0) is 38.5 Å². The number of aryl methyl sites for hydroxylation is 1. The summed E-state index contributed by atoms with van der Waals surface area (Å²) in [7, 11) is 1.63. The van der Waals surface area contributed by atoms with E-state index in [1.165, 1.54) is 0 Å². The lowest BCUT2D eigenvalue weighted by Gasteiger charge is -2.17. The standard InChI is InChI=1S/C19H24N2O4/c1-11-16-9-15(24-3)6-7-17(16)25-18(11)12(2)20-19(23)21-14-5-4-13(8-14)10-22/h4-7,9,12-14,22H,8,10H2,1-3H3,(H2,20,21,23)/t12-,13-,14+/m0/s1. The molecule has 1 aromatic heterocycles. The van der Waals surface area contributed by atoms with Crippen molar-refractivity contribution in [1.29, 1.82) is 0 Å². The Balaban J connectivity index is 1.67. The van der Waals surface area contributed by atoms with Gasteiger partial charge in [-0.25, -0.2) is 4.79 Å². The Morgan fingerprint density at radius 1 is 1.44 bits per heavy atom. The van der Waals surface area contributed by atoms with Gasteiger partial charge in [0.25, 0.3) is 0 Å². The van der Waals surface area contributed by atoms with Gasteiger partial charge >= 0.3 is 6.03 Å². The smallest absolute Gasteiger partial charge is 0.315 e. The lowest BCUT2D eigenvalue weighted by Crippen LogP contribution is -2.42. The summed E-state index contributed by atoms with van der Waals surface area (Å²) in [4.78, 5) is 12.2. The van der Waals surface area contributed by atoms with Crippen LogP contribution in [0.15, 0.2) is 34.8 Å². The predicted molar refractivity (Wildman–Crippen MR) is 95.7 cm³/mol. The number of ether oxygens (including phenoxy) is 1. The first-order valence-corrected chi connectivity index (χ1v) is 8.45. The van der Waals surface area contributed by atoms with Crippen LogP contribution in [0.1, 0.15) is 30.7 Å². The number of aliphatic hydroxyl groups excluding tert-OH is 1. The van der Waals surface area contributed by atoms with Gasteiger partial charge in [-0.15, -0.1) is 0 Å². The molecule has 1 aromatic carbocycles. The largest absolute Gasteiger partial charge is 0.497 e. The molecule has 1 aliphatic carbocycles. The molecule has 0 saturated carbocycles. The SMILES string of the molecule is COc1ccc2oc([C@H](C)NC(=O)N[C@@H]3C=C[C@H](CO)C3)c(C)c2c1. The molecule has 3 atom stereocenters. The molecule has 1 heterocycles. The van der Waals surface area contributed by atoms with Crippen molar-refractivity contribution in [3.63, 3.8) is 0 Å². The monoisotopic (exact) mass is 344 g/mol.